The second-order valence-electron chi connectivity index (χ2n) is 5.05. The van der Waals surface area contributed by atoms with Crippen molar-refractivity contribution in [2.45, 2.75) is 19.8 Å². The lowest BCUT2D eigenvalue weighted by Crippen LogP contribution is -2.24. The first kappa shape index (κ1) is 17.5. The molecule has 0 aromatic heterocycles. The minimum absolute atomic E-state index is 0.143. The minimum atomic E-state index is 0.143. The fourth-order valence-corrected chi connectivity index (χ4v) is 2.84. The molecule has 0 atom stereocenters. The highest BCUT2D eigenvalue weighted by atomic mass is 35.5. The van der Waals surface area contributed by atoms with Crippen LogP contribution < -0.4 is 4.90 Å². The first-order valence-corrected chi connectivity index (χ1v) is 8.13. The zero-order valence-corrected chi connectivity index (χ0v) is 14.8. The van der Waals surface area contributed by atoms with E-state index in [1.165, 1.54) is 0 Å². The summed E-state index contributed by atoms with van der Waals surface area (Å²) in [5.41, 5.74) is 3.79. The first-order valence-electron chi connectivity index (χ1n) is 7.38. The van der Waals surface area contributed by atoms with Crippen molar-refractivity contribution >= 4 is 39.9 Å². The second kappa shape index (κ2) is 8.14. The quantitative estimate of drug-likeness (QED) is 0.511. The highest BCUT2D eigenvalue weighted by Gasteiger charge is 2.19. The van der Waals surface area contributed by atoms with E-state index in [9.17, 15) is 0 Å². The molecule has 5 heteroatoms. The van der Waals surface area contributed by atoms with Crippen LogP contribution in [0.1, 0.15) is 19.8 Å². The van der Waals surface area contributed by atoms with Gasteiger partial charge in [0.2, 0.25) is 5.29 Å². The molecule has 120 valence electrons. The maximum atomic E-state index is 6.21. The molecule has 1 aliphatic rings. The van der Waals surface area contributed by atoms with Crippen LogP contribution in [0.15, 0.2) is 75.5 Å². The molecule has 23 heavy (non-hydrogen) atoms. The summed E-state index contributed by atoms with van der Waals surface area (Å²) in [5.74, 6) is 0. The van der Waals surface area contributed by atoms with Gasteiger partial charge in [-0.2, -0.15) is 0 Å². The lowest BCUT2D eigenvalue weighted by atomic mass is 10.0. The van der Waals surface area contributed by atoms with E-state index in [0.29, 0.717) is 11.6 Å². The number of amidine groups is 1. The van der Waals surface area contributed by atoms with Crippen LogP contribution in [-0.2, 0) is 0 Å². The Morgan fingerprint density at radius 1 is 1.26 bits per heavy atom. The topological polar surface area (TPSA) is 28.0 Å². The molecule has 2 rings (SSSR count). The number of halogens is 2. The van der Waals surface area contributed by atoms with Crippen molar-refractivity contribution < 1.29 is 0 Å². The number of hydrogen-bond donors (Lipinski definition) is 0. The summed E-state index contributed by atoms with van der Waals surface area (Å²) in [6, 6.07) is 10.0. The molecule has 0 bridgehead atoms. The van der Waals surface area contributed by atoms with Crippen LogP contribution in [0.4, 0.5) is 5.69 Å². The molecule has 0 aliphatic carbocycles. The smallest absolute Gasteiger partial charge is 0.224 e. The Bertz CT molecular complexity index is 700. The third kappa shape index (κ3) is 4.34. The molecule has 0 saturated heterocycles. The van der Waals surface area contributed by atoms with Gasteiger partial charge in [0.15, 0.2) is 0 Å². The number of rotatable bonds is 5. The zero-order chi connectivity index (χ0) is 16.8. The number of nitrogens with zero attached hydrogens (tertiary/aromatic N) is 3. The predicted molar refractivity (Wildman–Crippen MR) is 102 cm³/mol. The van der Waals surface area contributed by atoms with Gasteiger partial charge < -0.3 is 4.90 Å². The van der Waals surface area contributed by atoms with Crippen molar-refractivity contribution in [2.75, 3.05) is 11.9 Å². The number of hydrogen-bond acceptors (Lipinski definition) is 3. The number of para-hydroxylation sites is 1. The van der Waals surface area contributed by atoms with Gasteiger partial charge in [-0.1, -0.05) is 49.4 Å². The lowest BCUT2D eigenvalue weighted by molar-refractivity contribution is 1.03. The van der Waals surface area contributed by atoms with Gasteiger partial charge >= 0.3 is 0 Å². The summed E-state index contributed by atoms with van der Waals surface area (Å²) in [4.78, 5) is 10.6. The summed E-state index contributed by atoms with van der Waals surface area (Å²) in [7, 11) is 1.99. The molecule has 1 aliphatic heterocycles. The Labute approximate surface area is 147 Å². The Morgan fingerprint density at radius 2 is 1.96 bits per heavy atom. The van der Waals surface area contributed by atoms with Crippen LogP contribution in [-0.4, -0.2) is 18.1 Å². The van der Waals surface area contributed by atoms with Crippen LogP contribution in [0.25, 0.3) is 0 Å². The van der Waals surface area contributed by atoms with E-state index in [-0.39, 0.29) is 5.29 Å². The van der Waals surface area contributed by atoms with Crippen molar-refractivity contribution in [3.63, 3.8) is 0 Å². The SMILES string of the molecule is C=C/C=C(/C1=NC(Cl)=NC(Cl)=C(CC)C1)N(C)c1ccccc1. The van der Waals surface area contributed by atoms with Crippen molar-refractivity contribution in [1.29, 1.82) is 0 Å². The third-order valence-electron chi connectivity index (χ3n) is 3.59. The molecule has 1 aromatic rings. The summed E-state index contributed by atoms with van der Waals surface area (Å²) < 4.78 is 0. The lowest BCUT2D eigenvalue weighted by Gasteiger charge is -2.24. The highest BCUT2D eigenvalue weighted by Crippen LogP contribution is 2.27. The van der Waals surface area contributed by atoms with E-state index < -0.39 is 0 Å². The van der Waals surface area contributed by atoms with Crippen LogP contribution in [0.3, 0.4) is 0 Å². The Balaban J connectivity index is 2.45. The van der Waals surface area contributed by atoms with E-state index in [1.807, 2.05) is 50.4 Å². The summed E-state index contributed by atoms with van der Waals surface area (Å²) >= 11 is 12.3. The molecule has 0 amide bonds. The van der Waals surface area contributed by atoms with Crippen molar-refractivity contribution in [3.05, 3.63) is 65.5 Å². The van der Waals surface area contributed by atoms with E-state index >= 15 is 0 Å². The standard InChI is InChI=1S/C18H19Cl2N3/c1-4-9-16(23(3)14-10-7-6-8-11-14)15-12-13(5-2)17(19)22-18(20)21-15/h4,6-11H,1,5,12H2,2-3H3/b16-9-. The van der Waals surface area contributed by atoms with Gasteiger partial charge in [-0.25, -0.2) is 9.98 Å². The fraction of sp³-hybridized carbons (Fsp3) is 0.222. The van der Waals surface area contributed by atoms with Gasteiger partial charge in [-0.3, -0.25) is 0 Å². The van der Waals surface area contributed by atoms with Gasteiger partial charge in [0.1, 0.15) is 5.16 Å². The molecule has 0 N–H and O–H groups in total. The molecule has 1 aromatic carbocycles. The van der Waals surface area contributed by atoms with Crippen molar-refractivity contribution in [2.24, 2.45) is 9.98 Å². The molecule has 1 heterocycles. The van der Waals surface area contributed by atoms with Gasteiger partial charge in [-0.05, 0) is 41.8 Å². The maximum Gasteiger partial charge on any atom is 0.224 e. The van der Waals surface area contributed by atoms with Crippen LogP contribution in [0.2, 0.25) is 0 Å². The molecule has 0 radical (unpaired) electrons. The number of aliphatic imine (C=N–C) groups is 2. The van der Waals surface area contributed by atoms with Crippen LogP contribution >= 0.6 is 23.2 Å². The molecule has 0 unspecified atom stereocenters. The summed E-state index contributed by atoms with van der Waals surface area (Å²) in [6.45, 7) is 5.85. The average molecular weight is 348 g/mol. The molecule has 0 fully saturated rings. The molecular weight excluding hydrogens is 329 g/mol. The molecular formula is C18H19Cl2N3. The Hall–Kier alpha value is -1.84. The molecule has 3 nitrogen and oxygen atoms in total. The number of anilines is 1. The highest BCUT2D eigenvalue weighted by molar-refractivity contribution is 6.66. The Morgan fingerprint density at radius 3 is 2.57 bits per heavy atom. The number of benzene rings is 1. The Kier molecular flexibility index (Phi) is 6.20. The average Bonchev–Trinajstić information content (AvgIpc) is 2.70. The van der Waals surface area contributed by atoms with E-state index in [2.05, 4.69) is 21.5 Å². The molecule has 0 saturated carbocycles. The van der Waals surface area contributed by atoms with Crippen LogP contribution in [0, 0.1) is 0 Å². The van der Waals surface area contributed by atoms with Gasteiger partial charge in [0.05, 0.1) is 11.4 Å². The largest absolute Gasteiger partial charge is 0.343 e. The summed E-state index contributed by atoms with van der Waals surface area (Å²) in [6.07, 6.45) is 5.06. The van der Waals surface area contributed by atoms with E-state index in [4.69, 9.17) is 23.2 Å². The second-order valence-corrected chi connectivity index (χ2v) is 5.74. The summed E-state index contributed by atoms with van der Waals surface area (Å²) in [5, 5.41) is 0.571. The van der Waals surface area contributed by atoms with E-state index in [0.717, 1.165) is 29.1 Å². The normalized spacial score (nSPS) is 15.7. The van der Waals surface area contributed by atoms with Gasteiger partial charge in [-0.15, -0.1) is 0 Å². The van der Waals surface area contributed by atoms with Gasteiger partial charge in [0.25, 0.3) is 0 Å². The van der Waals surface area contributed by atoms with E-state index in [1.54, 1.807) is 6.08 Å². The van der Waals surface area contributed by atoms with Crippen molar-refractivity contribution in [1.82, 2.24) is 0 Å². The monoisotopic (exact) mass is 347 g/mol. The molecule has 0 spiro atoms. The maximum absolute atomic E-state index is 6.21. The zero-order valence-electron chi connectivity index (χ0n) is 13.3. The number of allylic oxidation sites excluding steroid dienone is 4. The minimum Gasteiger partial charge on any atom is -0.343 e. The van der Waals surface area contributed by atoms with Gasteiger partial charge in [0, 0.05) is 19.2 Å². The third-order valence-corrected chi connectivity index (χ3v) is 4.11. The predicted octanol–water partition coefficient (Wildman–Crippen LogP) is 5.49. The van der Waals surface area contributed by atoms with Crippen LogP contribution in [0.5, 0.6) is 0 Å². The first-order chi connectivity index (χ1) is 11.1. The van der Waals surface area contributed by atoms with Crippen molar-refractivity contribution in [3.8, 4) is 0 Å². The fourth-order valence-electron chi connectivity index (χ4n) is 2.33.